The van der Waals surface area contributed by atoms with Crippen molar-refractivity contribution in [2.75, 3.05) is 0 Å². The summed E-state index contributed by atoms with van der Waals surface area (Å²) >= 11 is 0. The Morgan fingerprint density at radius 2 is 0.643 bits per heavy atom. The molecule has 3 heteroatoms. The van der Waals surface area contributed by atoms with E-state index in [1.165, 1.54) is 49.4 Å². The summed E-state index contributed by atoms with van der Waals surface area (Å²) in [5, 5.41) is 4.85. The average molecular weight is 714 g/mol. The Labute approximate surface area is 326 Å². The standard InChI is InChI=1S/C53H35N3/c1-3-16-36(17-4-1)44-34-39-21-8-10-29-47(39)50(35-44)41-24-14-26-43(33-41)53-55-51(38-19-5-2-6-20-38)54-52(56-53)42-25-13-23-40(32-42)46-28-11-12-30-48(46)49-31-15-22-37-18-7-9-27-45(37)49/h1-35H. The molecule has 0 atom stereocenters. The van der Waals surface area contributed by atoms with Gasteiger partial charge in [-0.25, -0.2) is 15.0 Å². The molecule has 0 aliphatic carbocycles. The lowest BCUT2D eigenvalue weighted by molar-refractivity contribution is 1.07. The molecule has 0 fully saturated rings. The van der Waals surface area contributed by atoms with E-state index in [9.17, 15) is 0 Å². The highest BCUT2D eigenvalue weighted by Gasteiger charge is 2.16. The smallest absolute Gasteiger partial charge is 0.164 e. The number of hydrogen-bond acceptors (Lipinski definition) is 3. The molecule has 9 aromatic carbocycles. The summed E-state index contributed by atoms with van der Waals surface area (Å²) in [5.41, 5.74) is 12.1. The van der Waals surface area contributed by atoms with E-state index in [0.29, 0.717) is 17.5 Å². The van der Waals surface area contributed by atoms with Gasteiger partial charge in [0.05, 0.1) is 0 Å². The highest BCUT2D eigenvalue weighted by Crippen LogP contribution is 2.39. The summed E-state index contributed by atoms with van der Waals surface area (Å²) in [7, 11) is 0. The molecule has 0 unspecified atom stereocenters. The van der Waals surface area contributed by atoms with Crippen molar-refractivity contribution in [3.8, 4) is 78.7 Å². The second kappa shape index (κ2) is 14.4. The van der Waals surface area contributed by atoms with Crippen molar-refractivity contribution < 1.29 is 0 Å². The van der Waals surface area contributed by atoms with Gasteiger partial charge in [-0.2, -0.15) is 0 Å². The highest BCUT2D eigenvalue weighted by molar-refractivity contribution is 6.02. The molecule has 0 amide bonds. The zero-order valence-corrected chi connectivity index (χ0v) is 30.5. The first kappa shape index (κ1) is 33.1. The molecule has 0 spiro atoms. The third kappa shape index (κ3) is 6.31. The Hall–Kier alpha value is -7.49. The summed E-state index contributed by atoms with van der Waals surface area (Å²) in [6.07, 6.45) is 0. The fourth-order valence-electron chi connectivity index (χ4n) is 7.78. The van der Waals surface area contributed by atoms with Crippen LogP contribution in [0.15, 0.2) is 212 Å². The van der Waals surface area contributed by atoms with Gasteiger partial charge in [-0.15, -0.1) is 0 Å². The van der Waals surface area contributed by atoms with E-state index in [4.69, 9.17) is 15.0 Å². The van der Waals surface area contributed by atoms with Crippen molar-refractivity contribution in [3.63, 3.8) is 0 Å². The Morgan fingerprint density at radius 1 is 0.214 bits per heavy atom. The van der Waals surface area contributed by atoms with Crippen LogP contribution in [0.25, 0.3) is 100 Å². The van der Waals surface area contributed by atoms with Crippen molar-refractivity contribution in [3.05, 3.63) is 212 Å². The van der Waals surface area contributed by atoms with Crippen molar-refractivity contribution in [1.82, 2.24) is 15.0 Å². The SMILES string of the molecule is c1ccc(-c2cc(-c3cccc(-c4nc(-c5ccccc5)nc(-c5cccc(-c6ccccc6-c6cccc7ccccc67)c5)n4)c3)c3ccccc3c2)cc1. The quantitative estimate of drug-likeness (QED) is 0.165. The topological polar surface area (TPSA) is 38.7 Å². The molecule has 0 aliphatic heterocycles. The lowest BCUT2D eigenvalue weighted by atomic mass is 9.91. The van der Waals surface area contributed by atoms with Gasteiger partial charge in [0, 0.05) is 16.7 Å². The summed E-state index contributed by atoms with van der Waals surface area (Å²) in [6, 6.07) is 74.8. The molecule has 0 N–H and O–H groups in total. The Bertz CT molecular complexity index is 3020. The molecular weight excluding hydrogens is 679 g/mol. The molecular formula is C53H35N3. The fourth-order valence-corrected chi connectivity index (χ4v) is 7.78. The van der Waals surface area contributed by atoms with Crippen LogP contribution < -0.4 is 0 Å². The van der Waals surface area contributed by atoms with Crippen LogP contribution >= 0.6 is 0 Å². The Kier molecular flexibility index (Phi) is 8.51. The van der Waals surface area contributed by atoms with Crippen molar-refractivity contribution >= 4 is 21.5 Å². The van der Waals surface area contributed by atoms with Crippen LogP contribution in [0, 0.1) is 0 Å². The molecule has 10 rings (SSSR count). The Morgan fingerprint density at radius 3 is 1.32 bits per heavy atom. The Balaban J connectivity index is 1.10. The van der Waals surface area contributed by atoms with Gasteiger partial charge in [-0.3, -0.25) is 0 Å². The van der Waals surface area contributed by atoms with Crippen molar-refractivity contribution in [2.24, 2.45) is 0 Å². The third-order valence-electron chi connectivity index (χ3n) is 10.5. The predicted octanol–water partition coefficient (Wildman–Crippen LogP) is 13.8. The van der Waals surface area contributed by atoms with Gasteiger partial charge in [0.1, 0.15) is 0 Å². The van der Waals surface area contributed by atoms with Gasteiger partial charge >= 0.3 is 0 Å². The lowest BCUT2D eigenvalue weighted by Gasteiger charge is -2.14. The zero-order chi connectivity index (χ0) is 37.3. The number of nitrogens with zero attached hydrogens (tertiary/aromatic N) is 3. The van der Waals surface area contributed by atoms with Gasteiger partial charge in [0.2, 0.25) is 0 Å². The van der Waals surface area contributed by atoms with Crippen molar-refractivity contribution in [1.29, 1.82) is 0 Å². The van der Waals surface area contributed by atoms with Crippen LogP contribution in [0.4, 0.5) is 0 Å². The van der Waals surface area contributed by atoms with E-state index in [1.54, 1.807) is 0 Å². The minimum absolute atomic E-state index is 0.625. The van der Waals surface area contributed by atoms with Crippen LogP contribution in [0.3, 0.4) is 0 Å². The summed E-state index contributed by atoms with van der Waals surface area (Å²) in [4.78, 5) is 15.4. The number of hydrogen-bond donors (Lipinski definition) is 0. The molecule has 0 saturated heterocycles. The van der Waals surface area contributed by atoms with E-state index < -0.39 is 0 Å². The lowest BCUT2D eigenvalue weighted by Crippen LogP contribution is -2.00. The molecule has 10 aromatic rings. The predicted molar refractivity (Wildman–Crippen MR) is 233 cm³/mol. The molecule has 3 nitrogen and oxygen atoms in total. The fraction of sp³-hybridized carbons (Fsp3) is 0. The van der Waals surface area contributed by atoms with E-state index in [-0.39, 0.29) is 0 Å². The second-order valence-electron chi connectivity index (χ2n) is 14.0. The van der Waals surface area contributed by atoms with E-state index in [2.05, 4.69) is 194 Å². The number of fused-ring (bicyclic) bond motifs is 2. The molecule has 1 heterocycles. The second-order valence-corrected chi connectivity index (χ2v) is 14.0. The van der Waals surface area contributed by atoms with Crippen LogP contribution in [0.1, 0.15) is 0 Å². The molecule has 56 heavy (non-hydrogen) atoms. The maximum Gasteiger partial charge on any atom is 0.164 e. The highest BCUT2D eigenvalue weighted by atomic mass is 15.0. The maximum atomic E-state index is 5.20. The first-order valence-corrected chi connectivity index (χ1v) is 18.9. The van der Waals surface area contributed by atoms with Gasteiger partial charge in [0.15, 0.2) is 17.5 Å². The monoisotopic (exact) mass is 713 g/mol. The molecule has 0 saturated carbocycles. The van der Waals surface area contributed by atoms with Crippen LogP contribution in [-0.2, 0) is 0 Å². The maximum absolute atomic E-state index is 5.20. The van der Waals surface area contributed by atoms with Gasteiger partial charge in [0.25, 0.3) is 0 Å². The molecule has 262 valence electrons. The van der Waals surface area contributed by atoms with Crippen LogP contribution in [0.2, 0.25) is 0 Å². The molecule has 1 aromatic heterocycles. The zero-order valence-electron chi connectivity index (χ0n) is 30.5. The van der Waals surface area contributed by atoms with Crippen LogP contribution in [0.5, 0.6) is 0 Å². The first-order valence-electron chi connectivity index (χ1n) is 18.9. The van der Waals surface area contributed by atoms with Gasteiger partial charge in [-0.1, -0.05) is 188 Å². The third-order valence-corrected chi connectivity index (χ3v) is 10.5. The van der Waals surface area contributed by atoms with Crippen LogP contribution in [-0.4, -0.2) is 15.0 Å². The normalized spacial score (nSPS) is 11.2. The van der Waals surface area contributed by atoms with Gasteiger partial charge < -0.3 is 0 Å². The number of rotatable bonds is 7. The minimum Gasteiger partial charge on any atom is -0.208 e. The van der Waals surface area contributed by atoms with E-state index in [1.807, 2.05) is 18.2 Å². The first-order chi connectivity index (χ1) is 27.7. The van der Waals surface area contributed by atoms with E-state index >= 15 is 0 Å². The number of benzene rings is 9. The summed E-state index contributed by atoms with van der Waals surface area (Å²) in [6.45, 7) is 0. The largest absolute Gasteiger partial charge is 0.208 e. The minimum atomic E-state index is 0.625. The van der Waals surface area contributed by atoms with Crippen molar-refractivity contribution in [2.45, 2.75) is 0 Å². The molecule has 0 radical (unpaired) electrons. The number of aromatic nitrogens is 3. The molecule has 0 bridgehead atoms. The van der Waals surface area contributed by atoms with Gasteiger partial charge in [-0.05, 0) is 90.3 Å². The molecule has 0 aliphatic rings. The average Bonchev–Trinajstić information content (AvgIpc) is 3.29. The summed E-state index contributed by atoms with van der Waals surface area (Å²) in [5.74, 6) is 1.88. The summed E-state index contributed by atoms with van der Waals surface area (Å²) < 4.78 is 0. The van der Waals surface area contributed by atoms with E-state index in [0.717, 1.165) is 33.4 Å².